The van der Waals surface area contributed by atoms with Gasteiger partial charge >= 0.3 is 12.0 Å². The quantitative estimate of drug-likeness (QED) is 0.825. The van der Waals surface area contributed by atoms with E-state index in [9.17, 15) is 14.7 Å². The molecular weight excluding hydrogens is 270 g/mol. The van der Waals surface area contributed by atoms with Crippen molar-refractivity contribution >= 4 is 12.0 Å². The molecule has 2 fully saturated rings. The fourth-order valence-electron chi connectivity index (χ4n) is 3.54. The molecule has 6 heteroatoms. The molecule has 0 bridgehead atoms. The summed E-state index contributed by atoms with van der Waals surface area (Å²) in [6, 6.07) is 0.0344. The van der Waals surface area contributed by atoms with E-state index in [0.29, 0.717) is 12.8 Å². The number of aliphatic carboxylic acids is 1. The maximum absolute atomic E-state index is 12.4. The van der Waals surface area contributed by atoms with E-state index in [-0.39, 0.29) is 18.6 Å². The molecule has 1 atom stereocenters. The average molecular weight is 297 g/mol. The van der Waals surface area contributed by atoms with Gasteiger partial charge in [-0.3, -0.25) is 4.79 Å². The molecule has 6 nitrogen and oxygen atoms in total. The molecule has 2 aliphatic rings. The van der Waals surface area contributed by atoms with Crippen LogP contribution in [0.4, 0.5) is 4.79 Å². The van der Waals surface area contributed by atoms with E-state index in [0.717, 1.165) is 38.9 Å². The standard InChI is InChI=1S/C15H27N3O3/c1-12-10-17(2)8-5-9-18(12)14(21)16-11-15(13(19)20)6-3-4-7-15/h12H,3-11H2,1-2H3,(H,16,21)(H,19,20). The summed E-state index contributed by atoms with van der Waals surface area (Å²) >= 11 is 0. The molecule has 0 aromatic carbocycles. The van der Waals surface area contributed by atoms with Gasteiger partial charge in [-0.25, -0.2) is 4.79 Å². The first-order valence-electron chi connectivity index (χ1n) is 7.91. The van der Waals surface area contributed by atoms with E-state index in [1.54, 1.807) is 0 Å². The van der Waals surface area contributed by atoms with Gasteiger partial charge in [0.05, 0.1) is 5.41 Å². The monoisotopic (exact) mass is 297 g/mol. The summed E-state index contributed by atoms with van der Waals surface area (Å²) in [5.41, 5.74) is -0.748. The number of nitrogens with zero attached hydrogens (tertiary/aromatic N) is 2. The zero-order valence-electron chi connectivity index (χ0n) is 13.1. The molecule has 0 spiro atoms. The first kappa shape index (κ1) is 16.1. The Morgan fingerprint density at radius 1 is 1.24 bits per heavy atom. The van der Waals surface area contributed by atoms with Crippen LogP contribution in [0.3, 0.4) is 0 Å². The predicted octanol–water partition coefficient (Wildman–Crippen LogP) is 1.37. The van der Waals surface area contributed by atoms with Crippen LogP contribution in [0, 0.1) is 5.41 Å². The lowest BCUT2D eigenvalue weighted by Crippen LogP contribution is -2.50. The Hall–Kier alpha value is -1.30. The van der Waals surface area contributed by atoms with Crippen molar-refractivity contribution in [2.75, 3.05) is 33.2 Å². The van der Waals surface area contributed by atoms with E-state index >= 15 is 0 Å². The van der Waals surface area contributed by atoms with Crippen LogP contribution in [0.5, 0.6) is 0 Å². The Morgan fingerprint density at radius 3 is 2.52 bits per heavy atom. The molecule has 21 heavy (non-hydrogen) atoms. The second-order valence-electron chi connectivity index (χ2n) is 6.61. The molecular formula is C15H27N3O3. The van der Waals surface area contributed by atoms with Crippen LogP contribution in [-0.2, 0) is 4.79 Å². The molecule has 1 aliphatic heterocycles. The fourth-order valence-corrected chi connectivity index (χ4v) is 3.54. The van der Waals surface area contributed by atoms with Crippen molar-refractivity contribution in [2.45, 2.75) is 45.1 Å². The molecule has 2 amide bonds. The predicted molar refractivity (Wildman–Crippen MR) is 80.2 cm³/mol. The van der Waals surface area contributed by atoms with Crippen molar-refractivity contribution in [1.29, 1.82) is 0 Å². The summed E-state index contributed by atoms with van der Waals surface area (Å²) in [7, 11) is 2.07. The van der Waals surface area contributed by atoms with Crippen LogP contribution in [0.2, 0.25) is 0 Å². The molecule has 2 rings (SSSR count). The number of carbonyl (C=O) groups is 2. The number of likely N-dealkylation sites (N-methyl/N-ethyl adjacent to an activating group) is 1. The van der Waals surface area contributed by atoms with Crippen LogP contribution in [0.1, 0.15) is 39.0 Å². The van der Waals surface area contributed by atoms with Crippen molar-refractivity contribution < 1.29 is 14.7 Å². The molecule has 1 saturated carbocycles. The van der Waals surface area contributed by atoms with Crippen molar-refractivity contribution in [2.24, 2.45) is 5.41 Å². The molecule has 1 aliphatic carbocycles. The summed E-state index contributed by atoms with van der Waals surface area (Å²) in [4.78, 5) is 28.0. The average Bonchev–Trinajstić information content (AvgIpc) is 2.84. The fraction of sp³-hybridized carbons (Fsp3) is 0.867. The topological polar surface area (TPSA) is 72.9 Å². The number of urea groups is 1. The third-order valence-electron chi connectivity index (χ3n) is 4.90. The molecule has 120 valence electrons. The minimum atomic E-state index is -0.774. The van der Waals surface area contributed by atoms with Crippen molar-refractivity contribution in [3.05, 3.63) is 0 Å². The highest BCUT2D eigenvalue weighted by atomic mass is 16.4. The number of carboxylic acids is 1. The molecule has 1 unspecified atom stereocenters. The van der Waals surface area contributed by atoms with Gasteiger partial charge in [0.15, 0.2) is 0 Å². The summed E-state index contributed by atoms with van der Waals surface area (Å²) in [5, 5.41) is 12.3. The zero-order chi connectivity index (χ0) is 15.5. The van der Waals surface area contributed by atoms with Crippen LogP contribution < -0.4 is 5.32 Å². The summed E-state index contributed by atoms with van der Waals surface area (Å²) in [6.07, 6.45) is 4.17. The maximum atomic E-state index is 12.4. The number of nitrogens with one attached hydrogen (secondary N) is 1. The van der Waals surface area contributed by atoms with E-state index < -0.39 is 11.4 Å². The third kappa shape index (κ3) is 3.67. The summed E-state index contributed by atoms with van der Waals surface area (Å²) < 4.78 is 0. The number of amides is 2. The minimum Gasteiger partial charge on any atom is -0.481 e. The Kier molecular flexibility index (Phi) is 5.08. The van der Waals surface area contributed by atoms with E-state index in [2.05, 4.69) is 17.3 Å². The lowest BCUT2D eigenvalue weighted by atomic mass is 9.86. The molecule has 1 heterocycles. The highest BCUT2D eigenvalue weighted by Crippen LogP contribution is 2.37. The van der Waals surface area contributed by atoms with Gasteiger partial charge in [-0.15, -0.1) is 0 Å². The molecule has 0 aromatic heterocycles. The van der Waals surface area contributed by atoms with Crippen LogP contribution in [0.25, 0.3) is 0 Å². The maximum Gasteiger partial charge on any atom is 0.317 e. The third-order valence-corrected chi connectivity index (χ3v) is 4.90. The summed E-state index contributed by atoms with van der Waals surface area (Å²) in [6.45, 7) is 4.88. The molecule has 1 saturated heterocycles. The second kappa shape index (κ2) is 6.64. The Balaban J connectivity index is 1.93. The SMILES string of the molecule is CC1CN(C)CCCN1C(=O)NCC1(C(=O)O)CCCC1. The van der Waals surface area contributed by atoms with Gasteiger partial charge in [0.2, 0.25) is 0 Å². The zero-order valence-corrected chi connectivity index (χ0v) is 13.1. The smallest absolute Gasteiger partial charge is 0.317 e. The van der Waals surface area contributed by atoms with Crippen molar-refractivity contribution in [3.8, 4) is 0 Å². The van der Waals surface area contributed by atoms with Gasteiger partial charge in [0, 0.05) is 25.7 Å². The Bertz CT molecular complexity index is 394. The second-order valence-corrected chi connectivity index (χ2v) is 6.61. The number of carboxylic acid groups (broad SMARTS) is 1. The number of carbonyl (C=O) groups excluding carboxylic acids is 1. The largest absolute Gasteiger partial charge is 0.481 e. The highest BCUT2D eigenvalue weighted by molar-refractivity contribution is 5.78. The Morgan fingerprint density at radius 2 is 1.90 bits per heavy atom. The van der Waals surface area contributed by atoms with E-state index in [4.69, 9.17) is 0 Å². The van der Waals surface area contributed by atoms with Gasteiger partial charge in [0.1, 0.15) is 0 Å². The van der Waals surface area contributed by atoms with Gasteiger partial charge in [-0.2, -0.15) is 0 Å². The van der Waals surface area contributed by atoms with Gasteiger partial charge in [0.25, 0.3) is 0 Å². The Labute approximate surface area is 126 Å². The van der Waals surface area contributed by atoms with Crippen LogP contribution >= 0.6 is 0 Å². The van der Waals surface area contributed by atoms with Crippen LogP contribution in [-0.4, -0.2) is 66.2 Å². The van der Waals surface area contributed by atoms with Crippen molar-refractivity contribution in [3.63, 3.8) is 0 Å². The van der Waals surface area contributed by atoms with E-state index in [1.165, 1.54) is 0 Å². The molecule has 0 radical (unpaired) electrons. The van der Waals surface area contributed by atoms with Gasteiger partial charge in [-0.05, 0) is 39.8 Å². The van der Waals surface area contributed by atoms with Gasteiger partial charge in [-0.1, -0.05) is 12.8 Å². The number of rotatable bonds is 3. The first-order valence-corrected chi connectivity index (χ1v) is 7.91. The van der Waals surface area contributed by atoms with Gasteiger partial charge < -0.3 is 20.2 Å². The number of hydrogen-bond acceptors (Lipinski definition) is 3. The lowest BCUT2D eigenvalue weighted by Gasteiger charge is -2.30. The normalized spacial score (nSPS) is 26.4. The minimum absolute atomic E-state index is 0.120. The van der Waals surface area contributed by atoms with Crippen molar-refractivity contribution in [1.82, 2.24) is 15.1 Å². The highest BCUT2D eigenvalue weighted by Gasteiger charge is 2.41. The van der Waals surface area contributed by atoms with E-state index in [1.807, 2.05) is 11.8 Å². The number of hydrogen-bond donors (Lipinski definition) is 2. The molecule has 2 N–H and O–H groups in total. The first-order chi connectivity index (χ1) is 9.94. The van der Waals surface area contributed by atoms with Crippen LogP contribution in [0.15, 0.2) is 0 Å². The summed E-state index contributed by atoms with van der Waals surface area (Å²) in [5.74, 6) is -0.774. The lowest BCUT2D eigenvalue weighted by molar-refractivity contribution is -0.148. The molecule has 0 aromatic rings.